The molecule has 0 heterocycles. The van der Waals surface area contributed by atoms with Crippen molar-refractivity contribution in [1.29, 1.82) is 0 Å². The van der Waals surface area contributed by atoms with Gasteiger partial charge in [-0.3, -0.25) is 0 Å². The predicted octanol–water partition coefficient (Wildman–Crippen LogP) is 5.87. The number of rotatable bonds is 8. The van der Waals surface area contributed by atoms with Gasteiger partial charge in [0.1, 0.15) is 0 Å². The minimum Gasteiger partial charge on any atom is -0.103 e. The van der Waals surface area contributed by atoms with E-state index in [1.807, 2.05) is 18.2 Å². The highest BCUT2D eigenvalue weighted by Gasteiger charge is 2.17. The molecule has 0 spiro atoms. The van der Waals surface area contributed by atoms with Gasteiger partial charge < -0.3 is 0 Å². The molecule has 0 saturated carbocycles. The van der Waals surface area contributed by atoms with Crippen molar-refractivity contribution in [3.8, 4) is 0 Å². The van der Waals surface area contributed by atoms with E-state index in [0.717, 1.165) is 37.3 Å². The van der Waals surface area contributed by atoms with E-state index in [0.29, 0.717) is 0 Å². The summed E-state index contributed by atoms with van der Waals surface area (Å²) in [6.07, 6.45) is 9.36. The van der Waals surface area contributed by atoms with E-state index < -0.39 is 0 Å². The molecule has 142 valence electrons. The molecule has 0 bridgehead atoms. The first kappa shape index (κ1) is 21.0. The first-order valence-corrected chi connectivity index (χ1v) is 9.99. The van der Waals surface area contributed by atoms with Crippen LogP contribution in [-0.4, -0.2) is 0 Å². The third-order valence-corrected chi connectivity index (χ3v) is 5.12. The second kappa shape index (κ2) is 9.55. The Morgan fingerprint density at radius 3 is 2.37 bits per heavy atom. The largest absolute Gasteiger partial charge is 0.103 e. The molecule has 2 aromatic rings. The fourth-order valence-electron chi connectivity index (χ4n) is 3.64. The summed E-state index contributed by atoms with van der Waals surface area (Å²) in [5.41, 5.74) is 5.80. The van der Waals surface area contributed by atoms with E-state index in [2.05, 4.69) is 76.9 Å². The van der Waals surface area contributed by atoms with Gasteiger partial charge in [0.2, 0.25) is 0 Å². The van der Waals surface area contributed by atoms with Gasteiger partial charge in [-0.15, -0.1) is 6.58 Å². The van der Waals surface area contributed by atoms with E-state index in [1.165, 1.54) is 27.5 Å². The molecular weight excluding hydrogens is 324 g/mol. The Balaban J connectivity index is 2.28. The van der Waals surface area contributed by atoms with Gasteiger partial charge in [0.25, 0.3) is 0 Å². The minimum absolute atomic E-state index is 0.174. The van der Waals surface area contributed by atoms with E-state index in [-0.39, 0.29) is 5.41 Å². The molecule has 0 aliphatic rings. The third kappa shape index (κ3) is 5.82. The summed E-state index contributed by atoms with van der Waals surface area (Å²) < 4.78 is 0. The van der Waals surface area contributed by atoms with Crippen molar-refractivity contribution in [2.45, 2.75) is 58.3 Å². The van der Waals surface area contributed by atoms with E-state index in [4.69, 9.17) is 0 Å². The van der Waals surface area contributed by atoms with Gasteiger partial charge in [0, 0.05) is 0 Å². The van der Waals surface area contributed by atoms with Crippen LogP contribution in [0.1, 0.15) is 56.7 Å². The maximum atomic E-state index is 4.16. The molecule has 0 heteroatoms. The maximum absolute atomic E-state index is 4.16. The zero-order valence-electron chi connectivity index (χ0n) is 17.4. The number of benzene rings is 2. The van der Waals surface area contributed by atoms with Crippen molar-refractivity contribution in [1.82, 2.24) is 0 Å². The number of hydrogen-bond acceptors (Lipinski definition) is 0. The van der Waals surface area contributed by atoms with Gasteiger partial charge in [-0.2, -0.15) is 0 Å². The fourth-order valence-corrected chi connectivity index (χ4v) is 3.64. The third-order valence-electron chi connectivity index (χ3n) is 5.12. The smallest absolute Gasteiger partial charge is 0.0129 e. The van der Waals surface area contributed by atoms with Crippen molar-refractivity contribution in [2.24, 2.45) is 0 Å². The Labute approximate surface area is 165 Å². The van der Waals surface area contributed by atoms with Crippen LogP contribution >= 0.6 is 0 Å². The molecule has 0 aromatic heterocycles. The Morgan fingerprint density at radius 1 is 1.00 bits per heavy atom. The van der Waals surface area contributed by atoms with Crippen molar-refractivity contribution in [3.05, 3.63) is 94.9 Å². The van der Waals surface area contributed by atoms with Gasteiger partial charge in [-0.05, 0) is 70.2 Å². The first-order valence-electron chi connectivity index (χ1n) is 9.99. The maximum Gasteiger partial charge on any atom is -0.0129 e. The molecule has 0 aliphatic heterocycles. The zero-order valence-corrected chi connectivity index (χ0v) is 17.4. The summed E-state index contributed by atoms with van der Waals surface area (Å²) in [5, 5.41) is 2.28. The lowest BCUT2D eigenvalue weighted by molar-refractivity contribution is 0.580. The average molecular weight is 359 g/mol. The molecular formula is C27H34. The van der Waals surface area contributed by atoms with E-state index in [9.17, 15) is 0 Å². The van der Waals surface area contributed by atoms with Crippen LogP contribution in [0.25, 0.3) is 12.2 Å². The summed E-state index contributed by atoms with van der Waals surface area (Å²) in [4.78, 5) is 0. The SMILES string of the molecule is C=CCCCc1cc(CC/C(C=C)=c2\ccccc2=C)ccc1C(C)(C)C. The van der Waals surface area contributed by atoms with Crippen molar-refractivity contribution in [2.75, 3.05) is 0 Å². The Morgan fingerprint density at radius 2 is 1.74 bits per heavy atom. The van der Waals surface area contributed by atoms with Crippen LogP contribution in [0.3, 0.4) is 0 Å². The van der Waals surface area contributed by atoms with Crippen molar-refractivity contribution < 1.29 is 0 Å². The van der Waals surface area contributed by atoms with Gasteiger partial charge in [-0.25, -0.2) is 0 Å². The highest BCUT2D eigenvalue weighted by Crippen LogP contribution is 2.28. The topological polar surface area (TPSA) is 0 Å². The Hall–Kier alpha value is -2.34. The summed E-state index contributed by atoms with van der Waals surface area (Å²) in [7, 11) is 0. The van der Waals surface area contributed by atoms with Gasteiger partial charge >= 0.3 is 0 Å². The van der Waals surface area contributed by atoms with Gasteiger partial charge in [0.15, 0.2) is 0 Å². The second-order valence-electron chi connectivity index (χ2n) is 8.31. The van der Waals surface area contributed by atoms with Gasteiger partial charge in [0.05, 0.1) is 0 Å². The van der Waals surface area contributed by atoms with Crippen molar-refractivity contribution in [3.63, 3.8) is 0 Å². The monoisotopic (exact) mass is 358 g/mol. The highest BCUT2D eigenvalue weighted by molar-refractivity contribution is 5.56. The summed E-state index contributed by atoms with van der Waals surface area (Å²) in [6, 6.07) is 15.4. The number of allylic oxidation sites excluding steroid dienone is 2. The molecule has 0 unspecified atom stereocenters. The molecule has 2 aromatic carbocycles. The molecule has 2 rings (SSSR count). The van der Waals surface area contributed by atoms with Crippen LogP contribution in [0.4, 0.5) is 0 Å². The molecule has 0 fully saturated rings. The molecule has 0 amide bonds. The van der Waals surface area contributed by atoms with Crippen LogP contribution in [0.15, 0.2) is 67.8 Å². The molecule has 0 saturated heterocycles. The molecule has 0 aliphatic carbocycles. The second-order valence-corrected chi connectivity index (χ2v) is 8.31. The number of unbranched alkanes of at least 4 members (excludes halogenated alkanes) is 1. The summed E-state index contributed by atoms with van der Waals surface area (Å²) >= 11 is 0. The van der Waals surface area contributed by atoms with E-state index in [1.54, 1.807) is 0 Å². The fraction of sp³-hybridized carbons (Fsp3) is 0.333. The summed E-state index contributed by atoms with van der Waals surface area (Å²) in [6.45, 7) is 18.9. The molecule has 0 atom stereocenters. The first-order chi connectivity index (χ1) is 12.9. The van der Waals surface area contributed by atoms with Crippen LogP contribution in [0.2, 0.25) is 0 Å². The lowest BCUT2D eigenvalue weighted by atomic mass is 9.81. The number of hydrogen-bond donors (Lipinski definition) is 0. The highest BCUT2D eigenvalue weighted by atomic mass is 14.2. The zero-order chi connectivity index (χ0) is 19.9. The van der Waals surface area contributed by atoms with E-state index >= 15 is 0 Å². The number of aryl methyl sites for hydroxylation is 2. The lowest BCUT2D eigenvalue weighted by Gasteiger charge is -2.24. The minimum atomic E-state index is 0.174. The van der Waals surface area contributed by atoms with Crippen LogP contribution in [0.5, 0.6) is 0 Å². The van der Waals surface area contributed by atoms with Crippen LogP contribution in [-0.2, 0) is 18.3 Å². The van der Waals surface area contributed by atoms with Crippen LogP contribution in [0, 0.1) is 0 Å². The van der Waals surface area contributed by atoms with Crippen LogP contribution < -0.4 is 10.4 Å². The standard InChI is InChI=1S/C27H34/c1-7-9-10-14-24-20-22(17-19-26(24)27(4,5)6)16-18-23(8-2)25-15-12-11-13-21(25)3/h7-8,11-13,15,17,19-20H,1-3,9-10,14,16,18H2,4-6H3/b25-23+. The average Bonchev–Trinajstić information content (AvgIpc) is 2.63. The molecule has 0 nitrogen and oxygen atoms in total. The Kier molecular flexibility index (Phi) is 7.42. The Bertz CT molecular complexity index is 890. The molecule has 0 N–H and O–H groups in total. The predicted molar refractivity (Wildman–Crippen MR) is 121 cm³/mol. The normalized spacial score (nSPS) is 12.6. The lowest BCUT2D eigenvalue weighted by Crippen LogP contribution is -2.24. The van der Waals surface area contributed by atoms with Crippen molar-refractivity contribution >= 4 is 12.2 Å². The quantitative estimate of drug-likeness (QED) is 0.409. The molecule has 0 radical (unpaired) electrons. The molecule has 27 heavy (non-hydrogen) atoms. The summed E-state index contributed by atoms with van der Waals surface area (Å²) in [5.74, 6) is 0. The van der Waals surface area contributed by atoms with Gasteiger partial charge in [-0.1, -0.05) is 88.5 Å².